The molecule has 62 valence electrons. The Morgan fingerprint density at radius 1 is 1.40 bits per heavy atom. The van der Waals surface area contributed by atoms with Crippen molar-refractivity contribution < 1.29 is 16.9 Å². The second-order valence-electron chi connectivity index (χ2n) is 3.05. The molecular formula is C7H15Cl2N. The smallest absolute Gasteiger partial charge is 0.110 e. The molecule has 0 saturated heterocycles. The van der Waals surface area contributed by atoms with Crippen molar-refractivity contribution in [1.29, 1.82) is 0 Å². The Balaban J connectivity index is 0. The van der Waals surface area contributed by atoms with Crippen molar-refractivity contribution >= 4 is 11.6 Å². The summed E-state index contributed by atoms with van der Waals surface area (Å²) < 4.78 is 0.798. The van der Waals surface area contributed by atoms with Gasteiger partial charge in [0.1, 0.15) is 6.20 Å². The van der Waals surface area contributed by atoms with E-state index in [0.29, 0.717) is 0 Å². The predicted molar refractivity (Wildman–Crippen MR) is 42.3 cm³/mol. The zero-order valence-corrected chi connectivity index (χ0v) is 8.50. The molecule has 0 unspecified atom stereocenters. The highest BCUT2D eigenvalue weighted by atomic mass is 35.5. The third-order valence-corrected chi connectivity index (χ3v) is 1.23. The molecule has 10 heavy (non-hydrogen) atoms. The normalized spacial score (nSPS) is 12.7. The number of halogens is 2. The molecule has 0 aliphatic carbocycles. The topological polar surface area (TPSA) is 0 Å². The highest BCUT2D eigenvalue weighted by molar-refractivity contribution is 6.29. The molecule has 0 aromatic heterocycles. The molecule has 0 aliphatic rings. The quantitative estimate of drug-likeness (QED) is 0.492. The van der Waals surface area contributed by atoms with Crippen LogP contribution in [0.25, 0.3) is 0 Å². The van der Waals surface area contributed by atoms with Gasteiger partial charge in [0.05, 0.1) is 26.2 Å². The van der Waals surface area contributed by atoms with Crippen LogP contribution in [0.5, 0.6) is 0 Å². The lowest BCUT2D eigenvalue weighted by Gasteiger charge is -2.17. The molecule has 0 saturated carbocycles. The van der Waals surface area contributed by atoms with E-state index >= 15 is 0 Å². The van der Waals surface area contributed by atoms with Crippen LogP contribution in [0.4, 0.5) is 0 Å². The maximum absolute atomic E-state index is 5.80. The average molecular weight is 184 g/mol. The number of rotatable bonds is 2. The minimum atomic E-state index is 0. The van der Waals surface area contributed by atoms with Crippen molar-refractivity contribution in [2.45, 2.75) is 13.3 Å². The fourth-order valence-electron chi connectivity index (χ4n) is 0.512. The first-order valence-corrected chi connectivity index (χ1v) is 3.52. The molecule has 3 heteroatoms. The number of hydrogen-bond acceptors (Lipinski definition) is 0. The summed E-state index contributed by atoms with van der Waals surface area (Å²) in [6, 6.07) is 0. The van der Waals surface area contributed by atoms with E-state index < -0.39 is 0 Å². The monoisotopic (exact) mass is 183 g/mol. The van der Waals surface area contributed by atoms with Gasteiger partial charge >= 0.3 is 0 Å². The van der Waals surface area contributed by atoms with Crippen LogP contribution in [-0.4, -0.2) is 25.6 Å². The van der Waals surface area contributed by atoms with Crippen LogP contribution >= 0.6 is 11.6 Å². The summed E-state index contributed by atoms with van der Waals surface area (Å²) in [6.45, 7) is 2.05. The number of nitrogens with zero attached hydrogens (tertiary/aromatic N) is 1. The van der Waals surface area contributed by atoms with Crippen LogP contribution in [-0.2, 0) is 0 Å². The first kappa shape index (κ1) is 12.9. The van der Waals surface area contributed by atoms with Gasteiger partial charge in [-0.1, -0.05) is 18.5 Å². The van der Waals surface area contributed by atoms with Gasteiger partial charge < -0.3 is 16.9 Å². The molecule has 0 spiro atoms. The molecule has 1 nitrogen and oxygen atoms in total. The van der Waals surface area contributed by atoms with Gasteiger partial charge in [0, 0.05) is 0 Å². The first-order chi connectivity index (χ1) is 3.95. The maximum Gasteiger partial charge on any atom is 0.110 e. The van der Waals surface area contributed by atoms with Crippen molar-refractivity contribution in [1.82, 2.24) is 0 Å². The summed E-state index contributed by atoms with van der Waals surface area (Å²) in [4.78, 5) is 0. The van der Waals surface area contributed by atoms with Gasteiger partial charge in [-0.05, 0) is 6.42 Å². The van der Waals surface area contributed by atoms with Crippen molar-refractivity contribution in [3.05, 3.63) is 11.2 Å². The molecular weight excluding hydrogens is 169 g/mol. The van der Waals surface area contributed by atoms with Crippen molar-refractivity contribution in [2.75, 3.05) is 21.1 Å². The van der Waals surface area contributed by atoms with Gasteiger partial charge in [-0.25, -0.2) is 0 Å². The van der Waals surface area contributed by atoms with Crippen LogP contribution in [0, 0.1) is 0 Å². The molecule has 0 fully saturated rings. The zero-order chi connectivity index (χ0) is 7.49. The SMILES string of the molecule is CCC(Cl)=C[N+](C)(C)C.[Cl-]. The number of quaternary nitrogens is 1. The summed E-state index contributed by atoms with van der Waals surface area (Å²) in [7, 11) is 6.24. The lowest BCUT2D eigenvalue weighted by atomic mass is 10.4. The molecule has 0 radical (unpaired) electrons. The highest BCUT2D eigenvalue weighted by Gasteiger charge is 2.02. The minimum Gasteiger partial charge on any atom is -1.00 e. The molecule has 0 N–H and O–H groups in total. The van der Waals surface area contributed by atoms with Crippen LogP contribution in [0.3, 0.4) is 0 Å². The fourth-order valence-corrected chi connectivity index (χ4v) is 0.804. The first-order valence-electron chi connectivity index (χ1n) is 3.14. The van der Waals surface area contributed by atoms with Gasteiger partial charge in [-0.2, -0.15) is 0 Å². The van der Waals surface area contributed by atoms with E-state index in [0.717, 1.165) is 15.9 Å². The average Bonchev–Trinajstić information content (AvgIpc) is 1.62. The Hall–Kier alpha value is 0.280. The Morgan fingerprint density at radius 2 is 1.80 bits per heavy atom. The van der Waals surface area contributed by atoms with Gasteiger partial charge in [0.2, 0.25) is 0 Å². The Kier molecular flexibility index (Phi) is 6.46. The molecule has 0 bridgehead atoms. The van der Waals surface area contributed by atoms with E-state index in [1.807, 2.05) is 6.20 Å². The van der Waals surface area contributed by atoms with Crippen LogP contribution in [0.2, 0.25) is 0 Å². The van der Waals surface area contributed by atoms with Gasteiger partial charge in [0.25, 0.3) is 0 Å². The van der Waals surface area contributed by atoms with Crippen molar-refractivity contribution in [3.63, 3.8) is 0 Å². The molecule has 0 rings (SSSR count). The lowest BCUT2D eigenvalue weighted by molar-refractivity contribution is -0.817. The van der Waals surface area contributed by atoms with E-state index in [2.05, 4.69) is 28.1 Å². The molecule has 0 amide bonds. The van der Waals surface area contributed by atoms with Crippen molar-refractivity contribution in [3.8, 4) is 0 Å². The highest BCUT2D eigenvalue weighted by Crippen LogP contribution is 2.08. The van der Waals surface area contributed by atoms with Gasteiger partial charge in [-0.3, -0.25) is 0 Å². The summed E-state index contributed by atoms with van der Waals surface area (Å²) in [5, 5.41) is 0.933. The van der Waals surface area contributed by atoms with E-state index in [-0.39, 0.29) is 12.4 Å². The molecule has 0 aromatic rings. The lowest BCUT2D eigenvalue weighted by Crippen LogP contribution is -3.00. The molecule has 0 atom stereocenters. The Morgan fingerprint density at radius 3 is 1.90 bits per heavy atom. The maximum atomic E-state index is 5.80. The summed E-state index contributed by atoms with van der Waals surface area (Å²) >= 11 is 5.80. The van der Waals surface area contributed by atoms with Crippen LogP contribution in [0.1, 0.15) is 13.3 Å². The fraction of sp³-hybridized carbons (Fsp3) is 0.714. The third kappa shape index (κ3) is 8.28. The van der Waals surface area contributed by atoms with E-state index in [1.54, 1.807) is 0 Å². The van der Waals surface area contributed by atoms with E-state index in [9.17, 15) is 0 Å². The molecule has 0 aromatic carbocycles. The largest absolute Gasteiger partial charge is 1.00 e. The summed E-state index contributed by atoms with van der Waals surface area (Å²) in [5.74, 6) is 0. The van der Waals surface area contributed by atoms with Crippen LogP contribution in [0.15, 0.2) is 11.2 Å². The number of hydrogen-bond donors (Lipinski definition) is 0. The number of allylic oxidation sites excluding steroid dienone is 1. The van der Waals surface area contributed by atoms with E-state index in [1.165, 1.54) is 0 Å². The predicted octanol–water partition coefficient (Wildman–Crippen LogP) is -0.813. The second kappa shape index (κ2) is 5.00. The zero-order valence-electron chi connectivity index (χ0n) is 6.99. The Bertz CT molecular complexity index is 113. The van der Waals surface area contributed by atoms with E-state index in [4.69, 9.17) is 11.6 Å². The minimum absolute atomic E-state index is 0. The van der Waals surface area contributed by atoms with Gasteiger partial charge in [-0.15, -0.1) is 0 Å². The molecule has 0 heterocycles. The summed E-state index contributed by atoms with van der Waals surface area (Å²) in [5.41, 5.74) is 0. The summed E-state index contributed by atoms with van der Waals surface area (Å²) in [6.07, 6.45) is 2.96. The standard InChI is InChI=1S/C7H15ClN.ClH/c1-5-7(8)6-9(2,3)4;/h6H,5H2,1-4H3;1H/q+1;/p-1. The second-order valence-corrected chi connectivity index (χ2v) is 3.53. The molecule has 0 aliphatic heterocycles. The van der Waals surface area contributed by atoms with Crippen molar-refractivity contribution in [2.24, 2.45) is 0 Å². The van der Waals surface area contributed by atoms with Gasteiger partial charge in [0.15, 0.2) is 0 Å². The Labute approximate surface area is 74.7 Å². The van der Waals surface area contributed by atoms with Crippen LogP contribution < -0.4 is 12.4 Å². The third-order valence-electron chi connectivity index (χ3n) is 0.865.